The van der Waals surface area contributed by atoms with Gasteiger partial charge < -0.3 is 0 Å². The first-order valence-corrected chi connectivity index (χ1v) is 6.58. The highest BCUT2D eigenvalue weighted by Crippen LogP contribution is 2.38. The lowest BCUT2D eigenvalue weighted by Gasteiger charge is -2.12. The van der Waals surface area contributed by atoms with E-state index in [1.165, 1.54) is 12.1 Å². The molecule has 0 spiro atoms. The number of hydrogen-bond donors (Lipinski definition) is 0. The van der Waals surface area contributed by atoms with E-state index in [9.17, 15) is 4.39 Å². The van der Waals surface area contributed by atoms with Crippen molar-refractivity contribution in [1.82, 2.24) is 0 Å². The van der Waals surface area contributed by atoms with Gasteiger partial charge in [0.05, 0.1) is 0 Å². The molecule has 0 radical (unpaired) electrons. The Morgan fingerprint density at radius 1 is 1.06 bits per heavy atom. The van der Waals surface area contributed by atoms with E-state index in [0.29, 0.717) is 0 Å². The first-order chi connectivity index (χ1) is 8.09. The largest absolute Gasteiger partial charge is 0.207 e. The summed E-state index contributed by atoms with van der Waals surface area (Å²) in [5, 5.41) is 0. The van der Waals surface area contributed by atoms with Crippen LogP contribution in [0.5, 0.6) is 0 Å². The molecule has 2 rings (SSSR count). The molecule has 0 N–H and O–H groups in total. The van der Waals surface area contributed by atoms with Gasteiger partial charge in [-0.05, 0) is 29.3 Å². The predicted molar refractivity (Wildman–Crippen MR) is 74.0 cm³/mol. The molecule has 0 aromatic heterocycles. The zero-order chi connectivity index (χ0) is 12.4. The van der Waals surface area contributed by atoms with Crippen molar-refractivity contribution in [3.8, 4) is 11.1 Å². The molecule has 88 valence electrons. The monoisotopic (exact) mass is 332 g/mol. The zero-order valence-corrected chi connectivity index (χ0v) is 11.7. The molecule has 0 nitrogen and oxygen atoms in total. The predicted octanol–water partition coefficient (Wildman–Crippen LogP) is 5.73. The minimum Gasteiger partial charge on any atom is -0.207 e. The quantitative estimate of drug-likeness (QED) is 0.615. The molecule has 0 saturated carbocycles. The van der Waals surface area contributed by atoms with Gasteiger partial charge in [-0.15, -0.1) is 0 Å². The molecule has 2 aromatic carbocycles. The maximum Gasteiger partial charge on any atom is 0.134 e. The van der Waals surface area contributed by atoms with E-state index >= 15 is 0 Å². The van der Waals surface area contributed by atoms with E-state index in [1.807, 2.05) is 24.3 Å². The average Bonchev–Trinajstić information content (AvgIpc) is 2.28. The van der Waals surface area contributed by atoms with E-state index in [1.54, 1.807) is 6.07 Å². The Morgan fingerprint density at radius 2 is 1.76 bits per heavy atom. The Morgan fingerprint density at radius 3 is 2.41 bits per heavy atom. The fourth-order valence-electron chi connectivity index (χ4n) is 1.67. The minimum absolute atomic E-state index is 0.283. The summed E-state index contributed by atoms with van der Waals surface area (Å²) in [4.78, 5) is -0.663. The van der Waals surface area contributed by atoms with E-state index in [2.05, 4.69) is 15.9 Å². The highest BCUT2D eigenvalue weighted by atomic mass is 79.9. The molecule has 0 atom stereocenters. The second-order valence-corrected chi connectivity index (χ2v) is 5.46. The standard InChI is InChI=1S/C13H8BrCl2F/c14-11-6-2-5-10(12(11)13(15)16)8-3-1-4-9(17)7-8/h1-7,13H. The lowest BCUT2D eigenvalue weighted by molar-refractivity contribution is 0.628. The summed E-state index contributed by atoms with van der Waals surface area (Å²) in [6, 6.07) is 11.9. The molecule has 0 fully saturated rings. The SMILES string of the molecule is Fc1cccc(-c2cccc(Br)c2C(Cl)Cl)c1. The molecular weight excluding hydrogens is 326 g/mol. The van der Waals surface area contributed by atoms with Crippen LogP contribution in [0.1, 0.15) is 10.4 Å². The Labute approximate surface area is 117 Å². The molecule has 0 aliphatic carbocycles. The van der Waals surface area contributed by atoms with Gasteiger partial charge in [0.2, 0.25) is 0 Å². The van der Waals surface area contributed by atoms with Gasteiger partial charge in [-0.3, -0.25) is 0 Å². The molecule has 17 heavy (non-hydrogen) atoms. The molecule has 0 heterocycles. The molecule has 0 bridgehead atoms. The van der Waals surface area contributed by atoms with E-state index < -0.39 is 4.84 Å². The van der Waals surface area contributed by atoms with Gasteiger partial charge >= 0.3 is 0 Å². The van der Waals surface area contributed by atoms with Gasteiger partial charge in [0.1, 0.15) is 10.7 Å². The van der Waals surface area contributed by atoms with Gasteiger partial charge in [0.15, 0.2) is 0 Å². The summed E-state index contributed by atoms with van der Waals surface area (Å²) >= 11 is 15.3. The molecule has 2 aromatic rings. The number of rotatable bonds is 2. The summed E-state index contributed by atoms with van der Waals surface area (Å²) in [5.74, 6) is -0.283. The van der Waals surface area contributed by atoms with Gasteiger partial charge in [0, 0.05) is 10.0 Å². The van der Waals surface area contributed by atoms with Crippen LogP contribution in [0.15, 0.2) is 46.9 Å². The second-order valence-electron chi connectivity index (χ2n) is 3.51. The maximum atomic E-state index is 13.2. The molecule has 4 heteroatoms. The lowest BCUT2D eigenvalue weighted by Crippen LogP contribution is -1.91. The van der Waals surface area contributed by atoms with Crippen molar-refractivity contribution in [3.63, 3.8) is 0 Å². The lowest BCUT2D eigenvalue weighted by atomic mass is 10.0. The van der Waals surface area contributed by atoms with E-state index in [0.717, 1.165) is 21.2 Å². The highest BCUT2D eigenvalue weighted by Gasteiger charge is 2.14. The molecule has 0 unspecified atom stereocenters. The number of alkyl halides is 2. The fourth-order valence-corrected chi connectivity index (χ4v) is 3.00. The average molecular weight is 334 g/mol. The van der Waals surface area contributed by atoms with E-state index in [4.69, 9.17) is 23.2 Å². The van der Waals surface area contributed by atoms with Crippen molar-refractivity contribution in [2.45, 2.75) is 4.84 Å². The summed E-state index contributed by atoms with van der Waals surface area (Å²) in [6.45, 7) is 0. The maximum absolute atomic E-state index is 13.2. The molecule has 0 saturated heterocycles. The molecular formula is C13H8BrCl2F. The van der Waals surface area contributed by atoms with Crippen LogP contribution in [0.4, 0.5) is 4.39 Å². The Kier molecular flexibility index (Phi) is 4.08. The minimum atomic E-state index is -0.663. The van der Waals surface area contributed by atoms with Crippen molar-refractivity contribution in [1.29, 1.82) is 0 Å². The van der Waals surface area contributed by atoms with Gasteiger partial charge in [0.25, 0.3) is 0 Å². The van der Waals surface area contributed by atoms with Crippen LogP contribution in [0.2, 0.25) is 0 Å². The third-order valence-electron chi connectivity index (χ3n) is 2.41. The van der Waals surface area contributed by atoms with Crippen molar-refractivity contribution >= 4 is 39.1 Å². The van der Waals surface area contributed by atoms with Gasteiger partial charge in [-0.1, -0.05) is 63.4 Å². The van der Waals surface area contributed by atoms with Crippen LogP contribution < -0.4 is 0 Å². The van der Waals surface area contributed by atoms with E-state index in [-0.39, 0.29) is 5.82 Å². The summed E-state index contributed by atoms with van der Waals surface area (Å²) in [6.07, 6.45) is 0. The first-order valence-electron chi connectivity index (χ1n) is 4.92. The molecule has 0 amide bonds. The molecule has 0 aliphatic heterocycles. The number of benzene rings is 2. The van der Waals surface area contributed by atoms with Crippen molar-refractivity contribution < 1.29 is 4.39 Å². The normalized spacial score (nSPS) is 10.9. The van der Waals surface area contributed by atoms with Gasteiger partial charge in [-0.25, -0.2) is 4.39 Å². The van der Waals surface area contributed by atoms with Gasteiger partial charge in [-0.2, -0.15) is 0 Å². The number of halogens is 4. The zero-order valence-electron chi connectivity index (χ0n) is 8.63. The summed E-state index contributed by atoms with van der Waals surface area (Å²) in [7, 11) is 0. The second kappa shape index (κ2) is 5.38. The Bertz CT molecular complexity index is 541. The van der Waals surface area contributed by atoms with Crippen molar-refractivity contribution in [2.24, 2.45) is 0 Å². The highest BCUT2D eigenvalue weighted by molar-refractivity contribution is 9.10. The van der Waals surface area contributed by atoms with Crippen molar-refractivity contribution in [2.75, 3.05) is 0 Å². The molecule has 0 aliphatic rings. The van der Waals surface area contributed by atoms with Crippen LogP contribution in [-0.4, -0.2) is 0 Å². The first kappa shape index (κ1) is 12.9. The summed E-state index contributed by atoms with van der Waals surface area (Å²) in [5.41, 5.74) is 2.34. The topological polar surface area (TPSA) is 0 Å². The van der Waals surface area contributed by atoms with Crippen LogP contribution in [0.3, 0.4) is 0 Å². The van der Waals surface area contributed by atoms with Crippen LogP contribution in [-0.2, 0) is 0 Å². The fraction of sp³-hybridized carbons (Fsp3) is 0.0769. The number of hydrogen-bond acceptors (Lipinski definition) is 0. The Balaban J connectivity index is 2.63. The van der Waals surface area contributed by atoms with Crippen LogP contribution in [0, 0.1) is 5.82 Å². The summed E-state index contributed by atoms with van der Waals surface area (Å²) < 4.78 is 14.0. The van der Waals surface area contributed by atoms with Crippen molar-refractivity contribution in [3.05, 3.63) is 58.3 Å². The Hall–Kier alpha value is -0.570. The third kappa shape index (κ3) is 2.82. The smallest absolute Gasteiger partial charge is 0.134 e. The van der Waals surface area contributed by atoms with Crippen LogP contribution in [0.25, 0.3) is 11.1 Å². The van der Waals surface area contributed by atoms with Crippen LogP contribution >= 0.6 is 39.1 Å². The third-order valence-corrected chi connectivity index (χ3v) is 3.53.